The first kappa shape index (κ1) is 17.9. The summed E-state index contributed by atoms with van der Waals surface area (Å²) in [5.41, 5.74) is 4.20. The molecule has 0 radical (unpaired) electrons. The van der Waals surface area contributed by atoms with Gasteiger partial charge >= 0.3 is 0 Å². The monoisotopic (exact) mass is 367 g/mol. The van der Waals surface area contributed by atoms with Crippen LogP contribution >= 0.6 is 0 Å². The molecule has 0 aliphatic heterocycles. The Morgan fingerprint density at radius 3 is 2.12 bits per heavy atom. The molecule has 0 saturated heterocycles. The van der Waals surface area contributed by atoms with Crippen LogP contribution in [0.1, 0.15) is 16.8 Å². The number of aromatic nitrogens is 1. The molecule has 0 unspecified atom stereocenters. The van der Waals surface area contributed by atoms with Crippen molar-refractivity contribution in [2.24, 2.45) is 12.1 Å². The second-order valence-electron chi connectivity index (χ2n) is 5.84. The van der Waals surface area contributed by atoms with Gasteiger partial charge in [0.2, 0.25) is 5.82 Å². The highest BCUT2D eigenvalue weighted by Gasteiger charge is 2.25. The van der Waals surface area contributed by atoms with Crippen LogP contribution in [0.15, 0.2) is 23.3 Å². The topological polar surface area (TPSA) is 29.3 Å². The van der Waals surface area contributed by atoms with Crippen molar-refractivity contribution in [3.63, 3.8) is 0 Å². The second-order valence-corrected chi connectivity index (χ2v) is 5.84. The largest absolute Gasteiger partial charge is 0.347 e. The minimum absolute atomic E-state index is 0.669. The van der Waals surface area contributed by atoms with Crippen molar-refractivity contribution in [2.75, 3.05) is 5.43 Å². The minimum atomic E-state index is -2.21. The minimum Gasteiger partial charge on any atom is -0.347 e. The molecule has 0 aliphatic carbocycles. The molecule has 1 heterocycles. The number of nitrogens with one attached hydrogen (secondary N) is 1. The number of halogens is 5. The fraction of sp³-hybridized carbons (Fsp3) is 0.167. The Balaban J connectivity index is 2.03. The SMILES string of the molecule is Cc1cccc2c(/C=N/Nc3c(F)c(F)c(F)c(F)c3F)c(C)n(C)c12. The summed E-state index contributed by atoms with van der Waals surface area (Å²) in [5.74, 6) is -10.2. The fourth-order valence-corrected chi connectivity index (χ4v) is 2.89. The van der Waals surface area contributed by atoms with E-state index in [9.17, 15) is 22.0 Å². The van der Waals surface area contributed by atoms with E-state index in [1.807, 2.05) is 49.1 Å². The standard InChI is InChI=1S/C18H14F5N3/c1-8-5-4-6-10-11(9(2)26(3)18(8)10)7-24-25-17-15(22)13(20)12(19)14(21)16(17)23/h4-7,25H,1-3H3/b24-7+. The predicted octanol–water partition coefficient (Wildman–Crippen LogP) is 4.94. The van der Waals surface area contributed by atoms with Crippen LogP contribution in [0.2, 0.25) is 0 Å². The number of hydrogen-bond acceptors (Lipinski definition) is 2. The Hall–Kier alpha value is -2.90. The van der Waals surface area contributed by atoms with Gasteiger partial charge in [-0.1, -0.05) is 18.2 Å². The number of nitrogens with zero attached hydrogens (tertiary/aromatic N) is 2. The lowest BCUT2D eigenvalue weighted by atomic mass is 10.1. The number of anilines is 1. The molecule has 3 rings (SSSR count). The van der Waals surface area contributed by atoms with Crippen molar-refractivity contribution in [3.8, 4) is 0 Å². The highest BCUT2D eigenvalue weighted by atomic mass is 19.2. The average Bonchev–Trinajstić information content (AvgIpc) is 2.87. The summed E-state index contributed by atoms with van der Waals surface area (Å²) in [5, 5.41) is 4.53. The molecule has 136 valence electrons. The Morgan fingerprint density at radius 1 is 0.923 bits per heavy atom. The van der Waals surface area contributed by atoms with E-state index in [2.05, 4.69) is 5.10 Å². The number of para-hydroxylation sites is 1. The molecule has 0 fully saturated rings. The van der Waals surface area contributed by atoms with Crippen LogP contribution in [-0.4, -0.2) is 10.8 Å². The molecule has 0 amide bonds. The molecule has 2 aromatic carbocycles. The quantitative estimate of drug-likeness (QED) is 0.230. The van der Waals surface area contributed by atoms with Crippen LogP contribution < -0.4 is 5.43 Å². The zero-order valence-corrected chi connectivity index (χ0v) is 14.1. The van der Waals surface area contributed by atoms with E-state index in [0.29, 0.717) is 5.56 Å². The molecule has 0 atom stereocenters. The number of rotatable bonds is 3. The van der Waals surface area contributed by atoms with E-state index < -0.39 is 34.8 Å². The van der Waals surface area contributed by atoms with Gasteiger partial charge in [0, 0.05) is 23.7 Å². The summed E-state index contributed by atoms with van der Waals surface area (Å²) in [6, 6.07) is 5.65. The normalized spacial score (nSPS) is 11.7. The fourth-order valence-electron chi connectivity index (χ4n) is 2.89. The van der Waals surface area contributed by atoms with Crippen molar-refractivity contribution < 1.29 is 22.0 Å². The summed E-state index contributed by atoms with van der Waals surface area (Å²) < 4.78 is 68.7. The number of fused-ring (bicyclic) bond motifs is 1. The molecule has 1 aromatic heterocycles. The third kappa shape index (κ3) is 2.61. The molecule has 8 heteroatoms. The molecule has 3 nitrogen and oxygen atoms in total. The lowest BCUT2D eigenvalue weighted by Gasteiger charge is -2.07. The first-order chi connectivity index (χ1) is 12.3. The van der Waals surface area contributed by atoms with Crippen LogP contribution in [-0.2, 0) is 7.05 Å². The van der Waals surface area contributed by atoms with Gasteiger partial charge in [0.15, 0.2) is 23.3 Å². The van der Waals surface area contributed by atoms with E-state index in [1.165, 1.54) is 6.21 Å². The lowest BCUT2D eigenvalue weighted by Crippen LogP contribution is -2.06. The Labute approximate surface area is 145 Å². The van der Waals surface area contributed by atoms with Gasteiger partial charge in [0.1, 0.15) is 5.69 Å². The maximum absolute atomic E-state index is 13.7. The van der Waals surface area contributed by atoms with E-state index in [0.717, 1.165) is 22.2 Å². The van der Waals surface area contributed by atoms with Gasteiger partial charge in [-0.3, -0.25) is 5.43 Å². The lowest BCUT2D eigenvalue weighted by molar-refractivity contribution is 0.381. The first-order valence-corrected chi connectivity index (χ1v) is 7.60. The van der Waals surface area contributed by atoms with Crippen LogP contribution in [0.3, 0.4) is 0 Å². The van der Waals surface area contributed by atoms with Gasteiger partial charge < -0.3 is 4.57 Å². The number of hydrogen-bond donors (Lipinski definition) is 1. The number of benzene rings is 2. The zero-order chi connectivity index (χ0) is 19.2. The predicted molar refractivity (Wildman–Crippen MR) is 89.8 cm³/mol. The van der Waals surface area contributed by atoms with Gasteiger partial charge in [0.25, 0.3) is 0 Å². The van der Waals surface area contributed by atoms with Gasteiger partial charge in [-0.15, -0.1) is 0 Å². The van der Waals surface area contributed by atoms with Gasteiger partial charge in [-0.25, -0.2) is 22.0 Å². The van der Waals surface area contributed by atoms with Crippen molar-refractivity contribution in [1.29, 1.82) is 0 Å². The Morgan fingerprint density at radius 2 is 1.50 bits per heavy atom. The maximum Gasteiger partial charge on any atom is 0.200 e. The molecule has 0 aliphatic rings. The highest BCUT2D eigenvalue weighted by Crippen LogP contribution is 2.28. The van der Waals surface area contributed by atoms with E-state index in [-0.39, 0.29) is 0 Å². The molecule has 0 bridgehead atoms. The molecule has 1 N–H and O–H groups in total. The molecular formula is C18H14F5N3. The van der Waals surface area contributed by atoms with Crippen LogP contribution in [0, 0.1) is 42.9 Å². The molecular weight excluding hydrogens is 353 g/mol. The van der Waals surface area contributed by atoms with Crippen LogP contribution in [0.5, 0.6) is 0 Å². The molecule has 0 saturated carbocycles. The summed E-state index contributed by atoms with van der Waals surface area (Å²) in [4.78, 5) is 0. The maximum atomic E-state index is 13.7. The van der Waals surface area contributed by atoms with Crippen molar-refractivity contribution in [3.05, 3.63) is 64.1 Å². The van der Waals surface area contributed by atoms with E-state index >= 15 is 0 Å². The Bertz CT molecular complexity index is 1020. The van der Waals surface area contributed by atoms with Crippen molar-refractivity contribution >= 4 is 22.8 Å². The van der Waals surface area contributed by atoms with Crippen molar-refractivity contribution in [1.82, 2.24) is 4.57 Å². The van der Waals surface area contributed by atoms with E-state index in [1.54, 1.807) is 0 Å². The molecule has 26 heavy (non-hydrogen) atoms. The summed E-state index contributed by atoms with van der Waals surface area (Å²) >= 11 is 0. The summed E-state index contributed by atoms with van der Waals surface area (Å²) in [6.45, 7) is 3.77. The van der Waals surface area contributed by atoms with Crippen LogP contribution in [0.4, 0.5) is 27.6 Å². The third-order valence-corrected chi connectivity index (χ3v) is 4.34. The van der Waals surface area contributed by atoms with E-state index in [4.69, 9.17) is 0 Å². The van der Waals surface area contributed by atoms with Gasteiger partial charge in [-0.05, 0) is 19.4 Å². The zero-order valence-electron chi connectivity index (χ0n) is 14.1. The molecule has 3 aromatic rings. The average molecular weight is 367 g/mol. The van der Waals surface area contributed by atoms with Gasteiger partial charge in [-0.2, -0.15) is 5.10 Å². The summed E-state index contributed by atoms with van der Waals surface area (Å²) in [7, 11) is 1.86. The second kappa shape index (κ2) is 6.44. The third-order valence-electron chi connectivity index (χ3n) is 4.34. The summed E-state index contributed by atoms with van der Waals surface area (Å²) in [6.07, 6.45) is 1.29. The first-order valence-electron chi connectivity index (χ1n) is 7.60. The van der Waals surface area contributed by atoms with Crippen LogP contribution in [0.25, 0.3) is 10.9 Å². The molecule has 0 spiro atoms. The Kier molecular flexibility index (Phi) is 4.43. The highest BCUT2D eigenvalue weighted by molar-refractivity contribution is 6.02. The van der Waals surface area contributed by atoms with Crippen molar-refractivity contribution in [2.45, 2.75) is 13.8 Å². The number of hydrazone groups is 1. The number of aryl methyl sites for hydroxylation is 2. The smallest absolute Gasteiger partial charge is 0.200 e. The van der Waals surface area contributed by atoms with Gasteiger partial charge in [0.05, 0.1) is 11.7 Å².